The van der Waals surface area contributed by atoms with Gasteiger partial charge in [0.1, 0.15) is 0 Å². The van der Waals surface area contributed by atoms with Crippen molar-refractivity contribution in [3.8, 4) is 0 Å². The molecule has 11 atom stereocenters. The molecule has 11 unspecified atom stereocenters. The van der Waals surface area contributed by atoms with E-state index in [4.69, 9.17) is 4.74 Å². The lowest BCUT2D eigenvalue weighted by Gasteiger charge is -2.43. The van der Waals surface area contributed by atoms with Crippen LogP contribution in [0.3, 0.4) is 0 Å². The molecule has 1 aliphatic heterocycles. The first-order valence-electron chi connectivity index (χ1n) is 34.3. The van der Waals surface area contributed by atoms with Crippen molar-refractivity contribution in [1.82, 2.24) is 0 Å². The largest absolute Gasteiger partial charge is 0.374 e. The maximum absolute atomic E-state index is 6.54. The van der Waals surface area contributed by atoms with E-state index in [0.29, 0.717) is 47.5 Å². The lowest BCUT2D eigenvalue weighted by Crippen LogP contribution is -2.39. The number of rotatable bonds is 19. The molecular formula is C85H98N2O. The van der Waals surface area contributed by atoms with Crippen molar-refractivity contribution in [3.63, 3.8) is 0 Å². The first-order valence-corrected chi connectivity index (χ1v) is 34.3. The average molecular weight is 1160 g/mol. The Balaban J connectivity index is 0.833. The Morgan fingerprint density at radius 1 is 0.659 bits per heavy atom. The van der Waals surface area contributed by atoms with Crippen molar-refractivity contribution in [2.24, 2.45) is 40.9 Å². The summed E-state index contributed by atoms with van der Waals surface area (Å²) >= 11 is 0. The van der Waals surface area contributed by atoms with E-state index in [2.05, 4.69) is 246 Å². The van der Waals surface area contributed by atoms with Crippen molar-refractivity contribution in [2.75, 3.05) is 16.4 Å². The molecule has 0 amide bonds. The van der Waals surface area contributed by atoms with Gasteiger partial charge in [-0.2, -0.15) is 0 Å². The third-order valence-corrected chi connectivity index (χ3v) is 22.4. The summed E-state index contributed by atoms with van der Waals surface area (Å²) < 4.78 is 6.54. The van der Waals surface area contributed by atoms with Crippen molar-refractivity contribution in [3.05, 3.63) is 275 Å². The minimum Gasteiger partial charge on any atom is -0.374 e. The van der Waals surface area contributed by atoms with Gasteiger partial charge in [0.2, 0.25) is 0 Å². The van der Waals surface area contributed by atoms with Crippen molar-refractivity contribution in [2.45, 2.75) is 173 Å². The summed E-state index contributed by atoms with van der Waals surface area (Å²) in [5.41, 5.74) is 23.5. The highest BCUT2D eigenvalue weighted by Crippen LogP contribution is 2.61. The number of hydrogen-bond donors (Lipinski definition) is 0. The molecule has 1 heterocycles. The summed E-state index contributed by atoms with van der Waals surface area (Å²) in [4.78, 5) is 5.54. The van der Waals surface area contributed by atoms with Crippen molar-refractivity contribution >= 4 is 23.0 Å². The molecule has 3 heteroatoms. The third-order valence-electron chi connectivity index (χ3n) is 22.4. The summed E-state index contributed by atoms with van der Waals surface area (Å²) in [6, 6.07) is 40.9. The smallest absolute Gasteiger partial charge is 0.0756 e. The molecule has 88 heavy (non-hydrogen) atoms. The van der Waals surface area contributed by atoms with Crippen LogP contribution in [0, 0.1) is 40.9 Å². The van der Waals surface area contributed by atoms with Crippen LogP contribution in [0.1, 0.15) is 178 Å². The Bertz CT molecular complexity index is 3580. The van der Waals surface area contributed by atoms with Gasteiger partial charge in [0.25, 0.3) is 0 Å². The number of nitrogens with zero attached hydrogens (tertiary/aromatic N) is 2. The topological polar surface area (TPSA) is 15.7 Å². The molecule has 0 radical (unpaired) electrons. The van der Waals surface area contributed by atoms with Crippen LogP contribution in [0.4, 0.5) is 11.4 Å². The summed E-state index contributed by atoms with van der Waals surface area (Å²) in [5.74, 6) is 3.41. The standard InChI is InChI=1S/C85H98N2O/c1-9-60-23-29-65(30-24-60)67-37-51-82-78(53-67)79-54-68(38-52-83(79)87(82)73-41-25-61(10-2)26-42-73)66-35-45-72(46-36-66)86(71-43-33-64(34-44-71)63-31-39-69(40-32-63)84(6,7)8)74-47-50-77-76-19-15-16-20-80(76)85(81(77)55-74,70-17-13-12-14-18-70)56-58(4)21-22-59(5)57-88-75-48-27-62(11-3)28-49-75/h9-20,25-27,29,31,33-35,37,39,41-45,48,51,54-55,58-60,62,74-75,77-79,83H,1-3,21-24,28,30,32,36,38,40,46-47,49-50,52-53,56-57H2,4-8H3. The SMILES string of the molecule is C=Cc1ccc(N2C3=CC=C(C4=CCC(C=C)CC4)CC3C3C=C(C4=CC=C(N(c5ccc(C6=CC=C(C(C)(C)C)CC6)cc5)C5C=C6C(CC5)c5ccccc5C6(CC(C)CCC(C)COC5C=CC(C=C)CC5)c5ccccc5)CC4)CCC32)cc1. The summed E-state index contributed by atoms with van der Waals surface area (Å²) in [6.45, 7) is 25.1. The molecule has 9 aliphatic rings. The maximum atomic E-state index is 6.54. The van der Waals surface area contributed by atoms with Gasteiger partial charge >= 0.3 is 0 Å². The van der Waals surface area contributed by atoms with Crippen LogP contribution in [0.15, 0.2) is 247 Å². The molecule has 0 N–H and O–H groups in total. The van der Waals surface area contributed by atoms with Crippen LogP contribution in [-0.4, -0.2) is 24.8 Å². The molecule has 8 aliphatic carbocycles. The quantitative estimate of drug-likeness (QED) is 0.0871. The van der Waals surface area contributed by atoms with Gasteiger partial charge in [0, 0.05) is 58.6 Å². The van der Waals surface area contributed by atoms with Gasteiger partial charge in [-0.05, 0) is 229 Å². The second kappa shape index (κ2) is 25.9. The summed E-state index contributed by atoms with van der Waals surface area (Å²) in [5, 5.41) is 0. The molecule has 0 spiro atoms. The Hall–Kier alpha value is -6.94. The van der Waals surface area contributed by atoms with Crippen LogP contribution >= 0.6 is 0 Å². The highest BCUT2D eigenvalue weighted by molar-refractivity contribution is 5.72. The van der Waals surface area contributed by atoms with Gasteiger partial charge in [-0.25, -0.2) is 0 Å². The molecule has 454 valence electrons. The zero-order valence-corrected chi connectivity index (χ0v) is 53.8. The van der Waals surface area contributed by atoms with E-state index in [0.717, 1.165) is 103 Å². The molecule has 3 nitrogen and oxygen atoms in total. The lowest BCUT2D eigenvalue weighted by molar-refractivity contribution is 0.0474. The predicted molar refractivity (Wildman–Crippen MR) is 374 cm³/mol. The third kappa shape index (κ3) is 12.0. The Morgan fingerprint density at radius 2 is 1.42 bits per heavy atom. The van der Waals surface area contributed by atoms with Crippen LogP contribution < -0.4 is 9.80 Å². The Morgan fingerprint density at radius 3 is 2.12 bits per heavy atom. The van der Waals surface area contributed by atoms with E-state index in [1.54, 1.807) is 39.0 Å². The monoisotopic (exact) mass is 1160 g/mol. The fraction of sp³-hybridized carbons (Fsp3) is 0.412. The molecule has 4 aromatic rings. The molecule has 1 fully saturated rings. The second-order valence-corrected chi connectivity index (χ2v) is 28.9. The van der Waals surface area contributed by atoms with E-state index >= 15 is 0 Å². The normalized spacial score (nSPS) is 28.1. The van der Waals surface area contributed by atoms with E-state index < -0.39 is 0 Å². The van der Waals surface area contributed by atoms with E-state index in [1.807, 2.05) is 6.08 Å². The number of fused-ring (bicyclic) bond motifs is 6. The first-order chi connectivity index (χ1) is 42.9. The number of anilines is 2. The van der Waals surface area contributed by atoms with Crippen LogP contribution in [0.25, 0.3) is 11.6 Å². The number of benzene rings is 4. The number of ether oxygens (including phenoxy) is 1. The zero-order chi connectivity index (χ0) is 60.5. The minimum absolute atomic E-state index is 0.197. The fourth-order valence-corrected chi connectivity index (χ4v) is 17.4. The summed E-state index contributed by atoms with van der Waals surface area (Å²) in [6.07, 6.45) is 53.1. The fourth-order valence-electron chi connectivity index (χ4n) is 17.4. The second-order valence-electron chi connectivity index (χ2n) is 28.9. The molecule has 0 aromatic heterocycles. The van der Waals surface area contributed by atoms with E-state index in [-0.39, 0.29) is 23.0 Å². The molecular weight excluding hydrogens is 1060 g/mol. The van der Waals surface area contributed by atoms with Gasteiger partial charge < -0.3 is 14.5 Å². The van der Waals surface area contributed by atoms with Gasteiger partial charge in [-0.1, -0.05) is 205 Å². The first kappa shape index (κ1) is 60.0. The number of allylic oxidation sites excluding steroid dienone is 19. The Kier molecular flexibility index (Phi) is 17.6. The zero-order valence-electron chi connectivity index (χ0n) is 53.8. The molecule has 0 saturated carbocycles. The van der Waals surface area contributed by atoms with Crippen molar-refractivity contribution in [1.29, 1.82) is 0 Å². The molecule has 1 saturated heterocycles. The van der Waals surface area contributed by atoms with Gasteiger partial charge in [-0.15, -0.1) is 13.2 Å². The molecule has 4 aromatic carbocycles. The Labute approximate surface area is 529 Å². The molecule has 0 bridgehead atoms. The molecule has 13 rings (SSSR count). The highest BCUT2D eigenvalue weighted by Gasteiger charge is 2.52. The average Bonchev–Trinajstić information content (AvgIpc) is 1.63. The minimum atomic E-state index is -0.215. The van der Waals surface area contributed by atoms with Gasteiger partial charge in [0.05, 0.1) is 12.1 Å². The predicted octanol–water partition coefficient (Wildman–Crippen LogP) is 22.0. The van der Waals surface area contributed by atoms with Gasteiger partial charge in [0.15, 0.2) is 0 Å². The van der Waals surface area contributed by atoms with Crippen molar-refractivity contribution < 1.29 is 4.74 Å². The number of hydrogen-bond acceptors (Lipinski definition) is 3. The van der Waals surface area contributed by atoms with Crippen LogP contribution in [-0.2, 0) is 10.2 Å². The summed E-state index contributed by atoms with van der Waals surface area (Å²) in [7, 11) is 0. The van der Waals surface area contributed by atoms with E-state index in [9.17, 15) is 0 Å². The van der Waals surface area contributed by atoms with E-state index in [1.165, 1.54) is 63.4 Å². The highest BCUT2D eigenvalue weighted by atomic mass is 16.5. The maximum Gasteiger partial charge on any atom is 0.0756 e. The van der Waals surface area contributed by atoms with Crippen LogP contribution in [0.2, 0.25) is 0 Å². The van der Waals surface area contributed by atoms with Crippen LogP contribution in [0.5, 0.6) is 0 Å². The lowest BCUT2D eigenvalue weighted by atomic mass is 9.64. The van der Waals surface area contributed by atoms with Gasteiger partial charge in [-0.3, -0.25) is 0 Å².